The smallest absolute Gasteiger partial charge is 0.0454 e. The maximum atomic E-state index is 6.44. The molecule has 1 aliphatic carbocycles. The summed E-state index contributed by atoms with van der Waals surface area (Å²) < 4.78 is 1.11. The molecule has 3 heteroatoms. The standard InChI is InChI=1S/C17H25BrClN/c1-3-12-5-7-13(8-6-12)17(20-4-2)15-11-14(18)9-10-16(15)19/h9-13,17,20H,3-8H2,1-2H3. The molecule has 1 aliphatic rings. The molecule has 0 radical (unpaired) electrons. The Hall–Kier alpha value is -0.0500. The fourth-order valence-corrected chi connectivity index (χ4v) is 4.05. The SMILES string of the molecule is CCNC(c1cc(Br)ccc1Cl)C1CCC(CC)CC1. The van der Waals surface area contributed by atoms with Crippen LogP contribution in [0.15, 0.2) is 22.7 Å². The van der Waals surface area contributed by atoms with E-state index in [4.69, 9.17) is 11.6 Å². The van der Waals surface area contributed by atoms with Gasteiger partial charge in [0, 0.05) is 15.5 Å². The predicted molar refractivity (Wildman–Crippen MR) is 91.3 cm³/mol. The van der Waals surface area contributed by atoms with Gasteiger partial charge in [-0.25, -0.2) is 0 Å². The Kier molecular flexibility index (Phi) is 6.38. The van der Waals surface area contributed by atoms with E-state index in [0.717, 1.165) is 22.0 Å². The summed E-state index contributed by atoms with van der Waals surface area (Å²) in [6.07, 6.45) is 6.71. The first-order valence-electron chi connectivity index (χ1n) is 7.84. The lowest BCUT2D eigenvalue weighted by molar-refractivity contribution is 0.220. The largest absolute Gasteiger partial charge is 0.310 e. The zero-order chi connectivity index (χ0) is 14.5. The molecule has 0 aliphatic heterocycles. The molecule has 1 saturated carbocycles. The third-order valence-electron chi connectivity index (χ3n) is 4.66. The van der Waals surface area contributed by atoms with Crippen molar-refractivity contribution in [2.75, 3.05) is 6.54 Å². The topological polar surface area (TPSA) is 12.0 Å². The Balaban J connectivity index is 2.16. The Morgan fingerprint density at radius 2 is 1.95 bits per heavy atom. The highest BCUT2D eigenvalue weighted by atomic mass is 79.9. The van der Waals surface area contributed by atoms with Crippen LogP contribution in [0.5, 0.6) is 0 Å². The van der Waals surface area contributed by atoms with Crippen molar-refractivity contribution in [3.8, 4) is 0 Å². The fraction of sp³-hybridized carbons (Fsp3) is 0.647. The minimum absolute atomic E-state index is 0.391. The molecule has 0 saturated heterocycles. The van der Waals surface area contributed by atoms with E-state index in [2.05, 4.69) is 41.2 Å². The molecule has 0 amide bonds. The monoisotopic (exact) mass is 357 g/mol. The molecule has 1 atom stereocenters. The number of benzene rings is 1. The van der Waals surface area contributed by atoms with E-state index in [9.17, 15) is 0 Å². The van der Waals surface area contributed by atoms with Crippen LogP contribution in [-0.4, -0.2) is 6.54 Å². The number of rotatable bonds is 5. The summed E-state index contributed by atoms with van der Waals surface area (Å²) in [6.45, 7) is 5.48. The summed E-state index contributed by atoms with van der Waals surface area (Å²) in [5, 5.41) is 4.55. The van der Waals surface area contributed by atoms with Crippen LogP contribution in [0, 0.1) is 11.8 Å². The van der Waals surface area contributed by atoms with E-state index in [0.29, 0.717) is 12.0 Å². The second-order valence-corrected chi connectivity index (χ2v) is 7.21. The Morgan fingerprint density at radius 3 is 2.55 bits per heavy atom. The number of halogens is 2. The van der Waals surface area contributed by atoms with Crippen molar-refractivity contribution < 1.29 is 0 Å². The summed E-state index contributed by atoms with van der Waals surface area (Å²) in [6, 6.07) is 6.59. The van der Waals surface area contributed by atoms with E-state index in [1.807, 2.05) is 12.1 Å². The molecule has 112 valence electrons. The molecule has 0 spiro atoms. The van der Waals surface area contributed by atoms with Gasteiger partial charge in [0.1, 0.15) is 0 Å². The molecular weight excluding hydrogens is 334 g/mol. The molecule has 1 aromatic carbocycles. The molecule has 1 nitrogen and oxygen atoms in total. The van der Waals surface area contributed by atoms with Crippen molar-refractivity contribution in [2.24, 2.45) is 11.8 Å². The van der Waals surface area contributed by atoms with Gasteiger partial charge < -0.3 is 5.32 Å². The lowest BCUT2D eigenvalue weighted by atomic mass is 9.76. The second kappa shape index (κ2) is 7.82. The van der Waals surface area contributed by atoms with Crippen LogP contribution in [0.4, 0.5) is 0 Å². The molecule has 1 N–H and O–H groups in total. The highest BCUT2D eigenvalue weighted by Crippen LogP contribution is 2.40. The minimum atomic E-state index is 0.391. The first-order valence-corrected chi connectivity index (χ1v) is 9.01. The summed E-state index contributed by atoms with van der Waals surface area (Å²) >= 11 is 10.0. The Labute approximate surface area is 136 Å². The molecule has 2 rings (SSSR count). The normalized spacial score (nSPS) is 24.6. The van der Waals surface area contributed by atoms with Gasteiger partial charge >= 0.3 is 0 Å². The van der Waals surface area contributed by atoms with Crippen molar-refractivity contribution in [3.63, 3.8) is 0 Å². The van der Waals surface area contributed by atoms with Crippen molar-refractivity contribution in [2.45, 2.75) is 52.0 Å². The van der Waals surface area contributed by atoms with Crippen LogP contribution < -0.4 is 5.32 Å². The van der Waals surface area contributed by atoms with Gasteiger partial charge in [0.05, 0.1) is 0 Å². The van der Waals surface area contributed by atoms with Crippen LogP contribution in [0.3, 0.4) is 0 Å². The van der Waals surface area contributed by atoms with Gasteiger partial charge in [-0.2, -0.15) is 0 Å². The maximum absolute atomic E-state index is 6.44. The second-order valence-electron chi connectivity index (χ2n) is 5.89. The quantitative estimate of drug-likeness (QED) is 0.683. The molecular formula is C17H25BrClN. The molecule has 0 bridgehead atoms. The average Bonchev–Trinajstić information content (AvgIpc) is 2.48. The highest BCUT2D eigenvalue weighted by molar-refractivity contribution is 9.10. The van der Waals surface area contributed by atoms with Crippen LogP contribution in [0.2, 0.25) is 5.02 Å². The van der Waals surface area contributed by atoms with Crippen molar-refractivity contribution in [3.05, 3.63) is 33.3 Å². The van der Waals surface area contributed by atoms with Gasteiger partial charge in [-0.05, 0) is 55.0 Å². The van der Waals surface area contributed by atoms with Gasteiger partial charge in [0.15, 0.2) is 0 Å². The summed E-state index contributed by atoms with van der Waals surface area (Å²) in [5.41, 5.74) is 1.25. The van der Waals surface area contributed by atoms with Crippen molar-refractivity contribution in [1.29, 1.82) is 0 Å². The molecule has 1 fully saturated rings. The molecule has 0 aromatic heterocycles. The van der Waals surface area contributed by atoms with Crippen LogP contribution in [0.25, 0.3) is 0 Å². The van der Waals surface area contributed by atoms with Crippen molar-refractivity contribution >= 4 is 27.5 Å². The van der Waals surface area contributed by atoms with E-state index < -0.39 is 0 Å². The molecule has 20 heavy (non-hydrogen) atoms. The Morgan fingerprint density at radius 1 is 1.25 bits per heavy atom. The number of hydrogen-bond donors (Lipinski definition) is 1. The van der Waals surface area contributed by atoms with Crippen LogP contribution in [0.1, 0.15) is 57.6 Å². The Bertz CT molecular complexity index is 427. The van der Waals surface area contributed by atoms with Gasteiger partial charge in [-0.3, -0.25) is 0 Å². The summed E-state index contributed by atoms with van der Waals surface area (Å²) in [5.74, 6) is 1.65. The zero-order valence-electron chi connectivity index (χ0n) is 12.5. The van der Waals surface area contributed by atoms with E-state index >= 15 is 0 Å². The maximum Gasteiger partial charge on any atom is 0.0454 e. The molecule has 0 heterocycles. The average molecular weight is 359 g/mol. The van der Waals surface area contributed by atoms with Gasteiger partial charge in [-0.15, -0.1) is 0 Å². The predicted octanol–water partition coefficient (Wildman–Crippen LogP) is 5.97. The first-order chi connectivity index (χ1) is 9.65. The minimum Gasteiger partial charge on any atom is -0.310 e. The molecule has 1 aromatic rings. The lowest BCUT2D eigenvalue weighted by Gasteiger charge is -2.34. The van der Waals surface area contributed by atoms with Crippen molar-refractivity contribution in [1.82, 2.24) is 5.32 Å². The first kappa shape index (κ1) is 16.3. The van der Waals surface area contributed by atoms with E-state index in [1.54, 1.807) is 0 Å². The van der Waals surface area contributed by atoms with E-state index in [1.165, 1.54) is 37.7 Å². The third-order valence-corrected chi connectivity index (χ3v) is 5.49. The fourth-order valence-electron chi connectivity index (χ4n) is 3.43. The molecule has 1 unspecified atom stereocenters. The van der Waals surface area contributed by atoms with Gasteiger partial charge in [-0.1, -0.05) is 60.6 Å². The zero-order valence-corrected chi connectivity index (χ0v) is 14.8. The summed E-state index contributed by atoms with van der Waals surface area (Å²) in [4.78, 5) is 0. The number of hydrogen-bond acceptors (Lipinski definition) is 1. The summed E-state index contributed by atoms with van der Waals surface area (Å²) in [7, 11) is 0. The lowest BCUT2D eigenvalue weighted by Crippen LogP contribution is -2.31. The van der Waals surface area contributed by atoms with Gasteiger partial charge in [0.25, 0.3) is 0 Å². The number of nitrogens with one attached hydrogen (secondary N) is 1. The van der Waals surface area contributed by atoms with Gasteiger partial charge in [0.2, 0.25) is 0 Å². The van der Waals surface area contributed by atoms with Crippen LogP contribution >= 0.6 is 27.5 Å². The van der Waals surface area contributed by atoms with E-state index in [-0.39, 0.29) is 0 Å². The van der Waals surface area contributed by atoms with Crippen LogP contribution in [-0.2, 0) is 0 Å². The highest BCUT2D eigenvalue weighted by Gasteiger charge is 2.28. The third kappa shape index (κ3) is 3.99.